The Morgan fingerprint density at radius 2 is 1.69 bits per heavy atom. The third kappa shape index (κ3) is 5.45. The molecule has 0 radical (unpaired) electrons. The number of rotatable bonds is 7. The highest BCUT2D eigenvalue weighted by atomic mass is 32.2. The largest absolute Gasteiger partial charge is 0.318 e. The van der Waals surface area contributed by atoms with Crippen molar-refractivity contribution in [1.29, 1.82) is 0 Å². The smallest absolute Gasteiger partial charge is 0.260 e. The molecule has 7 nitrogen and oxygen atoms in total. The summed E-state index contributed by atoms with van der Waals surface area (Å²) in [6.45, 7) is 7.55. The Bertz CT molecular complexity index is 1280. The van der Waals surface area contributed by atoms with Crippen molar-refractivity contribution in [3.63, 3.8) is 0 Å². The molecule has 0 atom stereocenters. The molecule has 1 N–H and O–H groups in total. The maximum Gasteiger partial charge on any atom is 0.260 e. The van der Waals surface area contributed by atoms with E-state index in [4.69, 9.17) is 0 Å². The minimum absolute atomic E-state index is 0.359. The number of carbonyl (C=O) groups is 1. The number of hydrazone groups is 1. The molecule has 0 aliphatic carbocycles. The summed E-state index contributed by atoms with van der Waals surface area (Å²) in [5.74, 6) is -0.527. The fourth-order valence-electron chi connectivity index (χ4n) is 3.61. The minimum Gasteiger partial charge on any atom is -0.318 e. The second-order valence-electron chi connectivity index (χ2n) is 7.90. The molecule has 0 unspecified atom stereocenters. The van der Waals surface area contributed by atoms with Gasteiger partial charge in [0.25, 0.3) is 5.91 Å². The SMILES string of the molecule is Cc1cccc(N(CC(=O)N/N=C\c2cc(C)n(-c3cccc(C)c3)c2C)S(C)(=O)=O)c1. The highest BCUT2D eigenvalue weighted by Gasteiger charge is 2.20. The van der Waals surface area contributed by atoms with E-state index in [1.165, 1.54) is 5.56 Å². The second kappa shape index (κ2) is 9.40. The molecule has 3 rings (SSSR count). The van der Waals surface area contributed by atoms with Gasteiger partial charge < -0.3 is 4.57 Å². The Balaban J connectivity index is 1.74. The van der Waals surface area contributed by atoms with Crippen molar-refractivity contribution in [1.82, 2.24) is 9.99 Å². The summed E-state index contributed by atoms with van der Waals surface area (Å²) in [5.41, 5.74) is 8.90. The monoisotopic (exact) mass is 452 g/mol. The van der Waals surface area contributed by atoms with E-state index in [1.807, 2.05) is 58.0 Å². The van der Waals surface area contributed by atoms with Crippen LogP contribution in [0.15, 0.2) is 59.7 Å². The maximum atomic E-state index is 12.4. The van der Waals surface area contributed by atoms with E-state index in [1.54, 1.807) is 24.4 Å². The standard InChI is InChI=1S/C24H28N4O3S/c1-17-8-6-10-22(12-17)27(32(5,30)31)16-24(29)26-25-15-21-14-19(3)28(20(21)4)23-11-7-9-18(2)13-23/h6-15H,16H2,1-5H3,(H,26,29)/b25-15-. The van der Waals surface area contributed by atoms with Crippen molar-refractivity contribution in [3.05, 3.63) is 82.7 Å². The van der Waals surface area contributed by atoms with Crippen LogP contribution in [0.3, 0.4) is 0 Å². The van der Waals surface area contributed by atoms with Crippen molar-refractivity contribution in [3.8, 4) is 5.69 Å². The van der Waals surface area contributed by atoms with E-state index < -0.39 is 15.9 Å². The van der Waals surface area contributed by atoms with E-state index in [0.717, 1.165) is 38.8 Å². The molecule has 8 heteroatoms. The van der Waals surface area contributed by atoms with Gasteiger partial charge in [0, 0.05) is 22.6 Å². The number of nitrogens with one attached hydrogen (secondary N) is 1. The molecule has 2 aromatic carbocycles. The molecular formula is C24H28N4O3S. The summed E-state index contributed by atoms with van der Waals surface area (Å²) >= 11 is 0. The van der Waals surface area contributed by atoms with Gasteiger partial charge in [0.05, 0.1) is 18.2 Å². The summed E-state index contributed by atoms with van der Waals surface area (Å²) < 4.78 is 27.6. The van der Waals surface area contributed by atoms with Gasteiger partial charge in [-0.3, -0.25) is 9.10 Å². The number of nitrogens with zero attached hydrogens (tertiary/aromatic N) is 3. The number of anilines is 1. The highest BCUT2D eigenvalue weighted by Crippen LogP contribution is 2.21. The van der Waals surface area contributed by atoms with Crippen LogP contribution >= 0.6 is 0 Å². The fourth-order valence-corrected chi connectivity index (χ4v) is 4.45. The van der Waals surface area contributed by atoms with Crippen LogP contribution in [0.2, 0.25) is 0 Å². The molecule has 0 bridgehead atoms. The van der Waals surface area contributed by atoms with Crippen LogP contribution in [0.25, 0.3) is 5.69 Å². The lowest BCUT2D eigenvalue weighted by Gasteiger charge is -2.21. The summed E-state index contributed by atoms with van der Waals surface area (Å²) in [7, 11) is -3.63. The van der Waals surface area contributed by atoms with Crippen LogP contribution in [0, 0.1) is 27.7 Å². The Morgan fingerprint density at radius 1 is 1.03 bits per heavy atom. The zero-order valence-electron chi connectivity index (χ0n) is 19.0. The molecule has 3 aromatic rings. The first-order valence-electron chi connectivity index (χ1n) is 10.2. The number of aryl methyl sites for hydroxylation is 3. The van der Waals surface area contributed by atoms with Crippen LogP contribution in [0.5, 0.6) is 0 Å². The average Bonchev–Trinajstić information content (AvgIpc) is 2.98. The van der Waals surface area contributed by atoms with E-state index in [2.05, 4.69) is 21.2 Å². The molecule has 0 saturated carbocycles. The lowest BCUT2D eigenvalue weighted by Crippen LogP contribution is -2.39. The molecule has 0 aliphatic heterocycles. The summed E-state index contributed by atoms with van der Waals surface area (Å²) in [6, 6.07) is 17.2. The molecule has 0 saturated heterocycles. The van der Waals surface area contributed by atoms with Crippen LogP contribution in [0.1, 0.15) is 28.1 Å². The first-order valence-corrected chi connectivity index (χ1v) is 12.0. The summed E-state index contributed by atoms with van der Waals surface area (Å²) in [4.78, 5) is 12.4. The van der Waals surface area contributed by atoms with Gasteiger partial charge in [-0.1, -0.05) is 24.3 Å². The summed E-state index contributed by atoms with van der Waals surface area (Å²) in [5, 5.41) is 4.06. The van der Waals surface area contributed by atoms with Crippen LogP contribution in [-0.2, 0) is 14.8 Å². The van der Waals surface area contributed by atoms with Gasteiger partial charge in [0.2, 0.25) is 10.0 Å². The fraction of sp³-hybridized carbons (Fsp3) is 0.250. The molecule has 32 heavy (non-hydrogen) atoms. The lowest BCUT2D eigenvalue weighted by molar-refractivity contribution is -0.119. The van der Waals surface area contributed by atoms with Gasteiger partial charge in [-0.25, -0.2) is 13.8 Å². The highest BCUT2D eigenvalue weighted by molar-refractivity contribution is 7.92. The molecule has 0 fully saturated rings. The molecular weight excluding hydrogens is 424 g/mol. The Morgan fingerprint density at radius 3 is 2.31 bits per heavy atom. The average molecular weight is 453 g/mol. The Kier molecular flexibility index (Phi) is 6.84. The van der Waals surface area contributed by atoms with Crippen LogP contribution in [0.4, 0.5) is 5.69 Å². The number of hydrogen-bond acceptors (Lipinski definition) is 4. The molecule has 168 valence electrons. The second-order valence-corrected chi connectivity index (χ2v) is 9.81. The predicted octanol–water partition coefficient (Wildman–Crippen LogP) is 3.63. The minimum atomic E-state index is -3.63. The number of benzene rings is 2. The van der Waals surface area contributed by atoms with Gasteiger partial charge in [0.1, 0.15) is 6.54 Å². The maximum absolute atomic E-state index is 12.4. The first kappa shape index (κ1) is 23.3. The van der Waals surface area contributed by atoms with Crippen molar-refractivity contribution >= 4 is 27.8 Å². The van der Waals surface area contributed by atoms with Crippen LogP contribution in [-0.4, -0.2) is 37.9 Å². The third-order valence-electron chi connectivity index (χ3n) is 5.10. The summed E-state index contributed by atoms with van der Waals surface area (Å²) in [6.07, 6.45) is 2.65. The quantitative estimate of drug-likeness (QED) is 0.439. The number of hydrogen-bond donors (Lipinski definition) is 1. The van der Waals surface area contributed by atoms with Gasteiger partial charge in [0.15, 0.2) is 0 Å². The number of aromatic nitrogens is 1. The Hall–Kier alpha value is -3.39. The van der Waals surface area contributed by atoms with E-state index in [9.17, 15) is 13.2 Å². The number of sulfonamides is 1. The van der Waals surface area contributed by atoms with Gasteiger partial charge >= 0.3 is 0 Å². The Labute approximate surface area is 189 Å². The third-order valence-corrected chi connectivity index (χ3v) is 6.24. The van der Waals surface area contributed by atoms with E-state index in [-0.39, 0.29) is 6.54 Å². The van der Waals surface area contributed by atoms with Crippen molar-refractivity contribution in [2.45, 2.75) is 27.7 Å². The lowest BCUT2D eigenvalue weighted by atomic mass is 10.2. The molecule has 0 spiro atoms. The normalized spacial score (nSPS) is 11.7. The predicted molar refractivity (Wildman–Crippen MR) is 129 cm³/mol. The van der Waals surface area contributed by atoms with Gasteiger partial charge in [-0.15, -0.1) is 0 Å². The molecule has 1 heterocycles. The van der Waals surface area contributed by atoms with Gasteiger partial charge in [-0.05, 0) is 69.2 Å². The van der Waals surface area contributed by atoms with Crippen molar-refractivity contribution in [2.75, 3.05) is 17.1 Å². The van der Waals surface area contributed by atoms with E-state index in [0.29, 0.717) is 5.69 Å². The van der Waals surface area contributed by atoms with Crippen molar-refractivity contribution in [2.24, 2.45) is 5.10 Å². The van der Waals surface area contributed by atoms with Crippen molar-refractivity contribution < 1.29 is 13.2 Å². The van der Waals surface area contributed by atoms with E-state index >= 15 is 0 Å². The zero-order valence-corrected chi connectivity index (χ0v) is 19.8. The molecule has 1 amide bonds. The number of amides is 1. The van der Waals surface area contributed by atoms with Crippen LogP contribution < -0.4 is 9.73 Å². The topological polar surface area (TPSA) is 83.8 Å². The van der Waals surface area contributed by atoms with Gasteiger partial charge in [-0.2, -0.15) is 5.10 Å². The number of carbonyl (C=O) groups excluding carboxylic acids is 1. The molecule has 1 aromatic heterocycles. The zero-order chi connectivity index (χ0) is 23.5. The first-order chi connectivity index (χ1) is 15.1. The molecule has 0 aliphatic rings.